The van der Waals surface area contributed by atoms with Gasteiger partial charge in [-0.2, -0.15) is 0 Å². The summed E-state index contributed by atoms with van der Waals surface area (Å²) in [5.41, 5.74) is 2.72. The molecule has 8 rings (SSSR count). The van der Waals surface area contributed by atoms with Gasteiger partial charge in [0.05, 0.1) is 17.1 Å². The zero-order valence-electron chi connectivity index (χ0n) is 21.1. The minimum absolute atomic E-state index is 0.0398. The van der Waals surface area contributed by atoms with Gasteiger partial charge in [-0.3, -0.25) is 24.9 Å². The van der Waals surface area contributed by atoms with Crippen molar-refractivity contribution in [2.24, 2.45) is 23.7 Å². The van der Waals surface area contributed by atoms with Crippen LogP contribution in [0.2, 0.25) is 0 Å². The molecule has 6 fully saturated rings. The Morgan fingerprint density at radius 3 is 2.27 bits per heavy atom. The first-order chi connectivity index (χ1) is 17.7. The number of carbonyl (C=O) groups is 2. The number of aromatic carboxylic acids is 1. The molecule has 0 spiro atoms. The van der Waals surface area contributed by atoms with Gasteiger partial charge < -0.3 is 9.67 Å². The van der Waals surface area contributed by atoms with Gasteiger partial charge in [0.2, 0.25) is 11.3 Å². The highest BCUT2D eigenvalue weighted by Crippen LogP contribution is 2.58. The number of nitrogens with zero attached hydrogens (tertiary/aromatic N) is 3. The molecular weight excluding hydrogens is 475 g/mol. The van der Waals surface area contributed by atoms with Crippen LogP contribution in [-0.2, 0) is 4.79 Å². The van der Waals surface area contributed by atoms with Crippen LogP contribution >= 0.6 is 0 Å². The van der Waals surface area contributed by atoms with Crippen LogP contribution in [0.25, 0.3) is 10.9 Å². The second-order valence-electron chi connectivity index (χ2n) is 12.4. The zero-order chi connectivity index (χ0) is 25.6. The summed E-state index contributed by atoms with van der Waals surface area (Å²) in [5, 5.41) is 10.9. The second kappa shape index (κ2) is 8.03. The van der Waals surface area contributed by atoms with Gasteiger partial charge >= 0.3 is 5.97 Å². The first-order valence-electron chi connectivity index (χ1n) is 13.6. The molecule has 1 aromatic carbocycles. The van der Waals surface area contributed by atoms with Crippen LogP contribution in [0.1, 0.15) is 67.8 Å². The molecule has 1 saturated heterocycles. The van der Waals surface area contributed by atoms with Crippen LogP contribution in [0.15, 0.2) is 23.1 Å². The Labute approximate surface area is 214 Å². The number of carboxylic acids is 1. The molecule has 2 N–H and O–H groups in total. The van der Waals surface area contributed by atoms with E-state index in [0.717, 1.165) is 49.8 Å². The standard InChI is InChI=1S/C28H33FN4O4/c1-31(24-8-23-20(7-22(24)29)25(34)21(27(36)37)14-33(23)19-2-3-19)30-26(35)18-12-32(13-18)28-9-15-4-16(10-28)6-17(5-15)11-28/h7-8,14-19H,2-6,9-13H2,1H3,(H,30,35)(H,36,37). The van der Waals surface area contributed by atoms with E-state index in [9.17, 15) is 19.5 Å². The zero-order valence-corrected chi connectivity index (χ0v) is 21.1. The Hall–Kier alpha value is -2.94. The monoisotopic (exact) mass is 508 g/mol. The predicted octanol–water partition coefficient (Wildman–Crippen LogP) is 3.54. The Balaban J connectivity index is 1.08. The summed E-state index contributed by atoms with van der Waals surface area (Å²) < 4.78 is 16.9. The number of halogens is 1. The number of anilines is 1. The predicted molar refractivity (Wildman–Crippen MR) is 136 cm³/mol. The van der Waals surface area contributed by atoms with Crippen LogP contribution in [0, 0.1) is 29.5 Å². The molecule has 6 aliphatic rings. The molecule has 1 amide bonds. The lowest BCUT2D eigenvalue weighted by Gasteiger charge is -2.63. The van der Waals surface area contributed by atoms with Crippen molar-refractivity contribution in [3.05, 3.63) is 39.9 Å². The smallest absolute Gasteiger partial charge is 0.341 e. The van der Waals surface area contributed by atoms with Gasteiger partial charge in [-0.05, 0) is 81.3 Å². The second-order valence-corrected chi connectivity index (χ2v) is 12.4. The molecule has 37 heavy (non-hydrogen) atoms. The van der Waals surface area contributed by atoms with Crippen molar-refractivity contribution >= 4 is 28.5 Å². The van der Waals surface area contributed by atoms with Crippen LogP contribution in [0.4, 0.5) is 10.1 Å². The summed E-state index contributed by atoms with van der Waals surface area (Å²) in [5.74, 6) is 0.340. The molecule has 8 nitrogen and oxygen atoms in total. The lowest BCUT2D eigenvalue weighted by Crippen LogP contribution is -2.68. The first-order valence-corrected chi connectivity index (χ1v) is 13.6. The first kappa shape index (κ1) is 23.2. The maximum absolute atomic E-state index is 15.2. The van der Waals surface area contributed by atoms with E-state index in [1.165, 1.54) is 49.7 Å². The number of carboxylic acid groups (broad SMARTS) is 1. The van der Waals surface area contributed by atoms with E-state index >= 15 is 4.39 Å². The van der Waals surface area contributed by atoms with Gasteiger partial charge in [0.25, 0.3) is 0 Å². The molecule has 2 aromatic rings. The van der Waals surface area contributed by atoms with Crippen molar-refractivity contribution in [3.63, 3.8) is 0 Å². The van der Waals surface area contributed by atoms with Gasteiger partial charge in [0, 0.05) is 43.3 Å². The molecule has 5 aliphatic carbocycles. The number of carbonyl (C=O) groups excluding carboxylic acids is 1. The van der Waals surface area contributed by atoms with Crippen molar-refractivity contribution in [1.29, 1.82) is 0 Å². The number of fused-ring (bicyclic) bond motifs is 1. The molecule has 1 aliphatic heterocycles. The fourth-order valence-electron chi connectivity index (χ4n) is 8.22. The molecule has 1 aromatic heterocycles. The topological polar surface area (TPSA) is 94.9 Å². The number of amides is 1. The third-order valence-corrected chi connectivity index (χ3v) is 9.84. The number of hydrazine groups is 1. The minimum atomic E-state index is -1.32. The van der Waals surface area contributed by atoms with E-state index in [2.05, 4.69) is 10.3 Å². The van der Waals surface area contributed by atoms with Crippen molar-refractivity contribution in [3.8, 4) is 0 Å². The van der Waals surface area contributed by atoms with Gasteiger partial charge in [-0.1, -0.05) is 0 Å². The number of benzene rings is 1. The van der Waals surface area contributed by atoms with E-state index < -0.39 is 17.2 Å². The third kappa shape index (κ3) is 3.68. The average molecular weight is 509 g/mol. The molecule has 4 bridgehead atoms. The molecule has 0 radical (unpaired) electrons. The molecule has 2 heterocycles. The lowest BCUT2D eigenvalue weighted by molar-refractivity contribution is -0.149. The molecular formula is C28H33FN4O4. The van der Waals surface area contributed by atoms with Crippen LogP contribution < -0.4 is 15.9 Å². The summed E-state index contributed by atoms with van der Waals surface area (Å²) in [4.78, 5) is 39.9. The van der Waals surface area contributed by atoms with E-state index in [1.54, 1.807) is 17.7 Å². The van der Waals surface area contributed by atoms with E-state index in [0.29, 0.717) is 11.1 Å². The summed E-state index contributed by atoms with van der Waals surface area (Å²) in [6.45, 7) is 1.51. The minimum Gasteiger partial charge on any atom is -0.477 e. The maximum Gasteiger partial charge on any atom is 0.341 e. The van der Waals surface area contributed by atoms with Gasteiger partial charge in [0.15, 0.2) is 0 Å². The molecule has 5 saturated carbocycles. The number of aromatic nitrogens is 1. The van der Waals surface area contributed by atoms with Gasteiger partial charge in [-0.25, -0.2) is 9.18 Å². The normalized spacial score (nSPS) is 30.9. The number of rotatable bonds is 6. The molecule has 0 unspecified atom stereocenters. The quantitative estimate of drug-likeness (QED) is 0.580. The number of nitrogens with one attached hydrogen (secondary N) is 1. The summed E-state index contributed by atoms with van der Waals surface area (Å²) in [6, 6.07) is 2.72. The molecule has 0 atom stereocenters. The largest absolute Gasteiger partial charge is 0.477 e. The fourth-order valence-corrected chi connectivity index (χ4v) is 8.22. The summed E-state index contributed by atoms with van der Waals surface area (Å²) in [7, 11) is 1.60. The molecule has 9 heteroatoms. The van der Waals surface area contributed by atoms with Gasteiger partial charge in [-0.15, -0.1) is 0 Å². The van der Waals surface area contributed by atoms with Crippen LogP contribution in [0.5, 0.6) is 0 Å². The van der Waals surface area contributed by atoms with Crippen LogP contribution in [-0.4, -0.2) is 52.1 Å². The van der Waals surface area contributed by atoms with Crippen molar-refractivity contribution in [2.45, 2.75) is 62.9 Å². The highest BCUT2D eigenvalue weighted by atomic mass is 19.1. The summed E-state index contributed by atoms with van der Waals surface area (Å²) >= 11 is 0. The average Bonchev–Trinajstić information content (AvgIpc) is 3.62. The van der Waals surface area contributed by atoms with Crippen molar-refractivity contribution < 1.29 is 19.1 Å². The Kier molecular flexibility index (Phi) is 5.03. The van der Waals surface area contributed by atoms with Gasteiger partial charge in [0.1, 0.15) is 11.4 Å². The van der Waals surface area contributed by atoms with E-state index in [1.807, 2.05) is 0 Å². The highest BCUT2D eigenvalue weighted by molar-refractivity contribution is 5.94. The fraction of sp³-hybridized carbons (Fsp3) is 0.607. The Morgan fingerprint density at radius 2 is 1.70 bits per heavy atom. The third-order valence-electron chi connectivity index (χ3n) is 9.84. The Morgan fingerprint density at radius 1 is 1.08 bits per heavy atom. The maximum atomic E-state index is 15.2. The Bertz CT molecular complexity index is 1340. The number of hydrogen-bond donors (Lipinski definition) is 2. The van der Waals surface area contributed by atoms with Crippen LogP contribution in [0.3, 0.4) is 0 Å². The number of hydrogen-bond acceptors (Lipinski definition) is 5. The number of pyridine rings is 1. The number of likely N-dealkylation sites (tertiary alicyclic amines) is 1. The highest BCUT2D eigenvalue weighted by Gasteiger charge is 2.56. The summed E-state index contributed by atoms with van der Waals surface area (Å²) in [6.07, 6.45) is 11.1. The van der Waals surface area contributed by atoms with E-state index in [-0.39, 0.29) is 34.5 Å². The van der Waals surface area contributed by atoms with Crippen molar-refractivity contribution in [1.82, 2.24) is 14.9 Å². The van der Waals surface area contributed by atoms with Crippen molar-refractivity contribution in [2.75, 3.05) is 25.1 Å². The molecule has 196 valence electrons. The SMILES string of the molecule is CN(NC(=O)C1CN(C23CC4CC(CC(C4)C2)C3)C1)c1cc2c(cc1F)c(=O)c(C(=O)O)cn2C1CC1. The lowest BCUT2D eigenvalue weighted by atomic mass is 9.52. The van der Waals surface area contributed by atoms with E-state index in [4.69, 9.17) is 0 Å².